The molecule has 0 saturated carbocycles. The number of aryl methyl sites for hydroxylation is 1. The van der Waals surface area contributed by atoms with Gasteiger partial charge in [0.15, 0.2) is 0 Å². The highest BCUT2D eigenvalue weighted by Crippen LogP contribution is 2.23. The molecular formula is C13H17N3O. The summed E-state index contributed by atoms with van der Waals surface area (Å²) in [6.45, 7) is 2.78. The van der Waals surface area contributed by atoms with Crippen LogP contribution in [0.5, 0.6) is 5.75 Å². The van der Waals surface area contributed by atoms with Crippen LogP contribution in [0.3, 0.4) is 0 Å². The number of imidazole rings is 1. The Balaban J connectivity index is 2.31. The van der Waals surface area contributed by atoms with Gasteiger partial charge in [-0.15, -0.1) is 0 Å². The smallest absolute Gasteiger partial charge is 0.121 e. The Morgan fingerprint density at radius 2 is 2.00 bits per heavy atom. The molecule has 1 aromatic heterocycles. The Bertz CT molecular complexity index is 488. The quantitative estimate of drug-likeness (QED) is 0.847. The maximum absolute atomic E-state index is 5.14. The van der Waals surface area contributed by atoms with Crippen molar-refractivity contribution in [2.24, 2.45) is 0 Å². The molecule has 2 aromatic rings. The number of aromatic amines is 1. The van der Waals surface area contributed by atoms with E-state index in [0.717, 1.165) is 35.1 Å². The molecule has 0 aliphatic rings. The Morgan fingerprint density at radius 1 is 1.29 bits per heavy atom. The third-order valence-corrected chi connectivity index (χ3v) is 2.64. The summed E-state index contributed by atoms with van der Waals surface area (Å²) in [4.78, 5) is 7.83. The second-order valence-electron chi connectivity index (χ2n) is 3.92. The molecule has 0 fully saturated rings. The van der Waals surface area contributed by atoms with Gasteiger partial charge in [-0.25, -0.2) is 4.98 Å². The summed E-state index contributed by atoms with van der Waals surface area (Å²) < 4.78 is 5.14. The predicted octanol–water partition coefficient (Wildman–Crippen LogP) is 2.11. The average Bonchev–Trinajstić information content (AvgIpc) is 2.71. The predicted molar refractivity (Wildman–Crippen MR) is 68.1 cm³/mol. The van der Waals surface area contributed by atoms with E-state index in [4.69, 9.17) is 4.74 Å². The summed E-state index contributed by atoms with van der Waals surface area (Å²) >= 11 is 0. The number of hydrogen-bond donors (Lipinski definition) is 2. The highest BCUT2D eigenvalue weighted by atomic mass is 16.5. The molecule has 17 heavy (non-hydrogen) atoms. The van der Waals surface area contributed by atoms with Crippen LogP contribution in [0, 0.1) is 6.92 Å². The van der Waals surface area contributed by atoms with E-state index in [0.29, 0.717) is 0 Å². The first-order valence-electron chi connectivity index (χ1n) is 5.59. The van der Waals surface area contributed by atoms with Crippen LogP contribution in [0.2, 0.25) is 0 Å². The Kier molecular flexibility index (Phi) is 3.44. The number of aromatic nitrogens is 2. The second kappa shape index (κ2) is 5.01. The van der Waals surface area contributed by atoms with E-state index in [1.807, 2.05) is 38.2 Å². The largest absolute Gasteiger partial charge is 0.497 e. The first-order valence-corrected chi connectivity index (χ1v) is 5.59. The number of H-pyrrole nitrogens is 1. The van der Waals surface area contributed by atoms with Crippen LogP contribution in [0.15, 0.2) is 24.3 Å². The summed E-state index contributed by atoms with van der Waals surface area (Å²) in [7, 11) is 3.57. The fourth-order valence-corrected chi connectivity index (χ4v) is 1.80. The summed E-state index contributed by atoms with van der Waals surface area (Å²) in [6.07, 6.45) is 0. The van der Waals surface area contributed by atoms with Crippen molar-refractivity contribution in [3.63, 3.8) is 0 Å². The van der Waals surface area contributed by atoms with Gasteiger partial charge in [0.25, 0.3) is 0 Å². The van der Waals surface area contributed by atoms with E-state index < -0.39 is 0 Å². The van der Waals surface area contributed by atoms with E-state index in [2.05, 4.69) is 15.3 Å². The molecular weight excluding hydrogens is 214 g/mol. The molecule has 0 radical (unpaired) electrons. The summed E-state index contributed by atoms with van der Waals surface area (Å²) in [5.41, 5.74) is 3.18. The number of ether oxygens (including phenoxy) is 1. The topological polar surface area (TPSA) is 49.9 Å². The number of benzene rings is 1. The second-order valence-corrected chi connectivity index (χ2v) is 3.92. The van der Waals surface area contributed by atoms with Crippen molar-refractivity contribution in [2.75, 3.05) is 14.2 Å². The van der Waals surface area contributed by atoms with Crippen molar-refractivity contribution in [1.29, 1.82) is 0 Å². The number of hydrogen-bond acceptors (Lipinski definition) is 3. The molecule has 0 spiro atoms. The lowest BCUT2D eigenvalue weighted by atomic mass is 10.1. The Hall–Kier alpha value is -1.81. The van der Waals surface area contributed by atoms with Crippen LogP contribution in [0.4, 0.5) is 0 Å². The summed E-state index contributed by atoms with van der Waals surface area (Å²) in [5.74, 6) is 1.81. The summed E-state index contributed by atoms with van der Waals surface area (Å²) in [6, 6.07) is 7.93. The van der Waals surface area contributed by atoms with Gasteiger partial charge in [0.2, 0.25) is 0 Å². The molecule has 0 saturated heterocycles. The fraction of sp³-hybridized carbons (Fsp3) is 0.308. The molecule has 0 aliphatic heterocycles. The van der Waals surface area contributed by atoms with E-state index in [9.17, 15) is 0 Å². The molecule has 2 rings (SSSR count). The van der Waals surface area contributed by atoms with Crippen LogP contribution >= 0.6 is 0 Å². The van der Waals surface area contributed by atoms with Gasteiger partial charge < -0.3 is 15.0 Å². The Labute approximate surface area is 101 Å². The monoisotopic (exact) mass is 231 g/mol. The van der Waals surface area contributed by atoms with Gasteiger partial charge in [-0.1, -0.05) is 0 Å². The van der Waals surface area contributed by atoms with E-state index in [-0.39, 0.29) is 0 Å². The number of nitrogens with zero attached hydrogens (tertiary/aromatic N) is 1. The average molecular weight is 231 g/mol. The number of nitrogens with one attached hydrogen (secondary N) is 2. The van der Waals surface area contributed by atoms with E-state index in [1.54, 1.807) is 7.11 Å². The van der Waals surface area contributed by atoms with Crippen molar-refractivity contribution in [3.05, 3.63) is 35.8 Å². The maximum Gasteiger partial charge on any atom is 0.121 e. The highest BCUT2D eigenvalue weighted by Gasteiger charge is 2.08. The highest BCUT2D eigenvalue weighted by molar-refractivity contribution is 5.62. The zero-order valence-electron chi connectivity index (χ0n) is 10.4. The third kappa shape index (κ3) is 2.47. The van der Waals surface area contributed by atoms with Crippen LogP contribution in [-0.2, 0) is 6.54 Å². The van der Waals surface area contributed by atoms with Gasteiger partial charge in [0.1, 0.15) is 11.6 Å². The zero-order valence-corrected chi connectivity index (χ0v) is 10.4. The SMILES string of the molecule is CNCc1nc(-c2ccc(OC)cc2)c(C)[nH]1. The molecule has 90 valence electrons. The van der Waals surface area contributed by atoms with Crippen LogP contribution < -0.4 is 10.1 Å². The lowest BCUT2D eigenvalue weighted by molar-refractivity contribution is 0.415. The lowest BCUT2D eigenvalue weighted by Crippen LogP contribution is -2.06. The zero-order chi connectivity index (χ0) is 12.3. The van der Waals surface area contributed by atoms with Crippen molar-refractivity contribution >= 4 is 0 Å². The van der Waals surface area contributed by atoms with Gasteiger partial charge in [-0.05, 0) is 38.2 Å². The number of methoxy groups -OCH3 is 1. The van der Waals surface area contributed by atoms with Gasteiger partial charge in [-0.2, -0.15) is 0 Å². The lowest BCUT2D eigenvalue weighted by Gasteiger charge is -2.01. The van der Waals surface area contributed by atoms with Gasteiger partial charge in [-0.3, -0.25) is 0 Å². The van der Waals surface area contributed by atoms with Crippen molar-refractivity contribution in [2.45, 2.75) is 13.5 Å². The first kappa shape index (κ1) is 11.7. The molecule has 0 atom stereocenters. The van der Waals surface area contributed by atoms with Crippen LogP contribution in [0.1, 0.15) is 11.5 Å². The van der Waals surface area contributed by atoms with Crippen LogP contribution in [0.25, 0.3) is 11.3 Å². The van der Waals surface area contributed by atoms with Gasteiger partial charge >= 0.3 is 0 Å². The minimum absolute atomic E-state index is 0.747. The fourth-order valence-electron chi connectivity index (χ4n) is 1.80. The van der Waals surface area contributed by atoms with E-state index in [1.165, 1.54) is 0 Å². The van der Waals surface area contributed by atoms with Gasteiger partial charge in [0, 0.05) is 11.3 Å². The molecule has 1 aromatic carbocycles. The molecule has 0 bridgehead atoms. The van der Waals surface area contributed by atoms with Gasteiger partial charge in [0.05, 0.1) is 19.3 Å². The molecule has 4 nitrogen and oxygen atoms in total. The molecule has 0 aliphatic carbocycles. The van der Waals surface area contributed by atoms with Crippen LogP contribution in [-0.4, -0.2) is 24.1 Å². The van der Waals surface area contributed by atoms with E-state index >= 15 is 0 Å². The minimum atomic E-state index is 0.747. The van der Waals surface area contributed by atoms with Crippen molar-refractivity contribution < 1.29 is 4.74 Å². The third-order valence-electron chi connectivity index (χ3n) is 2.64. The van der Waals surface area contributed by atoms with Crippen molar-refractivity contribution in [1.82, 2.24) is 15.3 Å². The Morgan fingerprint density at radius 3 is 2.59 bits per heavy atom. The standard InChI is InChI=1S/C13H17N3O/c1-9-13(16-12(15-9)8-14-2)10-4-6-11(17-3)7-5-10/h4-7,14H,8H2,1-3H3,(H,15,16). The summed E-state index contributed by atoms with van der Waals surface area (Å²) in [5, 5.41) is 3.08. The minimum Gasteiger partial charge on any atom is -0.497 e. The molecule has 1 heterocycles. The molecule has 4 heteroatoms. The van der Waals surface area contributed by atoms with Crippen molar-refractivity contribution in [3.8, 4) is 17.0 Å². The maximum atomic E-state index is 5.14. The molecule has 0 amide bonds. The first-order chi connectivity index (χ1) is 8.24. The number of rotatable bonds is 4. The molecule has 0 unspecified atom stereocenters. The normalized spacial score (nSPS) is 10.5. The molecule has 2 N–H and O–H groups in total.